The van der Waals surface area contributed by atoms with Gasteiger partial charge < -0.3 is 20.0 Å². The van der Waals surface area contributed by atoms with Gasteiger partial charge in [-0.05, 0) is 20.5 Å². The lowest BCUT2D eigenvalue weighted by molar-refractivity contribution is 0.0833. The summed E-state index contributed by atoms with van der Waals surface area (Å²) in [7, 11) is 4.09. The topological polar surface area (TPSA) is 38.8 Å². The number of piperazine rings is 1. The first kappa shape index (κ1) is 11.7. The van der Waals surface area contributed by atoms with Crippen molar-refractivity contribution >= 4 is 6.03 Å². The molecule has 0 aliphatic carbocycles. The minimum absolute atomic E-state index is 0.236. The van der Waals surface area contributed by atoms with Crippen LogP contribution in [0.1, 0.15) is 6.42 Å². The second kappa shape index (κ2) is 5.01. The maximum absolute atomic E-state index is 12.2. The van der Waals surface area contributed by atoms with Crippen molar-refractivity contribution in [2.75, 3.05) is 53.4 Å². The summed E-state index contributed by atoms with van der Waals surface area (Å²) in [6, 6.07) is 0.663. The van der Waals surface area contributed by atoms with Crippen LogP contribution in [0.4, 0.5) is 4.79 Å². The number of carbonyl (C=O) groups excluding carboxylic acids is 1. The Morgan fingerprint density at radius 3 is 3.00 bits per heavy atom. The second-order valence-corrected chi connectivity index (χ2v) is 4.91. The minimum atomic E-state index is 0.236. The number of rotatable bonds is 3. The molecule has 0 saturated carbocycles. The third-order valence-electron chi connectivity index (χ3n) is 3.42. The molecule has 0 bridgehead atoms. The molecule has 2 rings (SSSR count). The van der Waals surface area contributed by atoms with Gasteiger partial charge in [-0.2, -0.15) is 0 Å². The highest BCUT2D eigenvalue weighted by molar-refractivity contribution is 5.75. The fourth-order valence-corrected chi connectivity index (χ4v) is 2.38. The van der Waals surface area contributed by atoms with Gasteiger partial charge in [0.25, 0.3) is 0 Å². The van der Waals surface area contributed by atoms with E-state index in [2.05, 4.69) is 10.2 Å². The third kappa shape index (κ3) is 2.47. The number of carbonyl (C=O) groups is 1. The first-order valence-corrected chi connectivity index (χ1v) is 6.09. The molecule has 2 aliphatic heterocycles. The summed E-state index contributed by atoms with van der Waals surface area (Å²) in [5.74, 6) is 0. The van der Waals surface area contributed by atoms with E-state index in [4.69, 9.17) is 0 Å². The fourth-order valence-electron chi connectivity index (χ4n) is 2.38. The van der Waals surface area contributed by atoms with E-state index in [0.29, 0.717) is 6.04 Å². The largest absolute Gasteiger partial charge is 0.323 e. The van der Waals surface area contributed by atoms with Crippen LogP contribution in [-0.4, -0.2) is 80.1 Å². The van der Waals surface area contributed by atoms with E-state index in [1.807, 2.05) is 23.9 Å². The molecule has 1 N–H and O–H groups in total. The molecule has 0 radical (unpaired) electrons. The van der Waals surface area contributed by atoms with Crippen molar-refractivity contribution in [1.29, 1.82) is 0 Å². The molecule has 92 valence electrons. The van der Waals surface area contributed by atoms with Gasteiger partial charge in [-0.3, -0.25) is 0 Å². The van der Waals surface area contributed by atoms with E-state index in [-0.39, 0.29) is 6.03 Å². The molecule has 2 fully saturated rings. The Kier molecular flexibility index (Phi) is 3.66. The number of hydrogen-bond donors (Lipinski definition) is 1. The number of nitrogens with one attached hydrogen (secondary N) is 1. The van der Waals surface area contributed by atoms with Gasteiger partial charge in [0.05, 0.1) is 0 Å². The van der Waals surface area contributed by atoms with E-state index in [0.717, 1.165) is 45.7 Å². The fraction of sp³-hybridized carbons (Fsp3) is 0.909. The molecule has 5 nitrogen and oxygen atoms in total. The molecule has 0 aromatic heterocycles. The summed E-state index contributed by atoms with van der Waals surface area (Å²) >= 11 is 0. The summed E-state index contributed by atoms with van der Waals surface area (Å²) in [5.41, 5.74) is 0. The molecule has 5 heteroatoms. The SMILES string of the molecule is CN(C)CCN1CCC2CNCCN2C1=O. The lowest BCUT2D eigenvalue weighted by Crippen LogP contribution is -2.62. The molecule has 2 heterocycles. The Morgan fingerprint density at radius 1 is 1.44 bits per heavy atom. The first-order chi connectivity index (χ1) is 7.68. The highest BCUT2D eigenvalue weighted by Gasteiger charge is 2.34. The number of fused-ring (bicyclic) bond motifs is 1. The van der Waals surface area contributed by atoms with Crippen LogP contribution < -0.4 is 5.32 Å². The van der Waals surface area contributed by atoms with Crippen molar-refractivity contribution in [3.8, 4) is 0 Å². The molecule has 16 heavy (non-hydrogen) atoms. The lowest BCUT2D eigenvalue weighted by atomic mass is 10.1. The van der Waals surface area contributed by atoms with Crippen molar-refractivity contribution in [2.24, 2.45) is 0 Å². The average molecular weight is 226 g/mol. The smallest absolute Gasteiger partial charge is 0.320 e. The second-order valence-electron chi connectivity index (χ2n) is 4.91. The van der Waals surface area contributed by atoms with Crippen LogP contribution in [0, 0.1) is 0 Å². The molecule has 1 atom stereocenters. The van der Waals surface area contributed by atoms with Crippen molar-refractivity contribution in [1.82, 2.24) is 20.0 Å². The van der Waals surface area contributed by atoms with E-state index in [9.17, 15) is 4.79 Å². The summed E-state index contributed by atoms with van der Waals surface area (Å²) in [5, 5.41) is 3.35. The minimum Gasteiger partial charge on any atom is -0.323 e. The van der Waals surface area contributed by atoms with Gasteiger partial charge in [0.15, 0.2) is 0 Å². The summed E-state index contributed by atoms with van der Waals surface area (Å²) in [6.07, 6.45) is 1.10. The van der Waals surface area contributed by atoms with Gasteiger partial charge in [0.2, 0.25) is 0 Å². The maximum Gasteiger partial charge on any atom is 0.320 e. The predicted octanol–water partition coefficient (Wildman–Crippen LogP) is -0.352. The number of nitrogens with zero attached hydrogens (tertiary/aromatic N) is 3. The number of amides is 2. The summed E-state index contributed by atoms with van der Waals surface area (Å²) < 4.78 is 0. The van der Waals surface area contributed by atoms with Crippen LogP contribution in [0.25, 0.3) is 0 Å². The van der Waals surface area contributed by atoms with Gasteiger partial charge in [-0.25, -0.2) is 4.79 Å². The first-order valence-electron chi connectivity index (χ1n) is 6.09. The van der Waals surface area contributed by atoms with Gasteiger partial charge in [-0.1, -0.05) is 0 Å². The number of likely N-dealkylation sites (N-methyl/N-ethyl adjacent to an activating group) is 1. The quantitative estimate of drug-likeness (QED) is 0.715. The van der Waals surface area contributed by atoms with Crippen molar-refractivity contribution in [2.45, 2.75) is 12.5 Å². The van der Waals surface area contributed by atoms with Gasteiger partial charge in [-0.15, -0.1) is 0 Å². The molecule has 2 aliphatic rings. The van der Waals surface area contributed by atoms with Gasteiger partial charge in [0.1, 0.15) is 0 Å². The Labute approximate surface area is 97.4 Å². The van der Waals surface area contributed by atoms with Crippen LogP contribution in [-0.2, 0) is 0 Å². The zero-order valence-corrected chi connectivity index (χ0v) is 10.3. The highest BCUT2D eigenvalue weighted by atomic mass is 16.2. The van der Waals surface area contributed by atoms with Crippen LogP contribution in [0.3, 0.4) is 0 Å². The van der Waals surface area contributed by atoms with Crippen molar-refractivity contribution < 1.29 is 4.79 Å². The molecule has 0 aromatic rings. The number of hydrogen-bond acceptors (Lipinski definition) is 3. The molecular weight excluding hydrogens is 204 g/mol. The number of urea groups is 1. The summed E-state index contributed by atoms with van der Waals surface area (Å²) in [6.45, 7) is 5.47. The van der Waals surface area contributed by atoms with Gasteiger partial charge >= 0.3 is 6.03 Å². The van der Waals surface area contributed by atoms with E-state index < -0.39 is 0 Å². The van der Waals surface area contributed by atoms with Gasteiger partial charge in [0, 0.05) is 45.3 Å². The molecule has 2 saturated heterocycles. The zero-order valence-electron chi connectivity index (χ0n) is 10.3. The van der Waals surface area contributed by atoms with E-state index in [1.165, 1.54) is 0 Å². The van der Waals surface area contributed by atoms with Crippen molar-refractivity contribution in [3.05, 3.63) is 0 Å². The Bertz CT molecular complexity index is 256. The van der Waals surface area contributed by atoms with E-state index >= 15 is 0 Å². The van der Waals surface area contributed by atoms with Crippen LogP contribution in [0.15, 0.2) is 0 Å². The predicted molar refractivity (Wildman–Crippen MR) is 63.5 cm³/mol. The zero-order chi connectivity index (χ0) is 11.5. The Balaban J connectivity index is 1.90. The molecule has 1 unspecified atom stereocenters. The monoisotopic (exact) mass is 226 g/mol. The van der Waals surface area contributed by atoms with Crippen molar-refractivity contribution in [3.63, 3.8) is 0 Å². The van der Waals surface area contributed by atoms with Crippen LogP contribution >= 0.6 is 0 Å². The normalized spacial score (nSPS) is 26.2. The van der Waals surface area contributed by atoms with Crippen LogP contribution in [0.2, 0.25) is 0 Å². The molecule has 2 amide bonds. The molecular formula is C11H22N4O. The maximum atomic E-state index is 12.2. The lowest BCUT2D eigenvalue weighted by Gasteiger charge is -2.44. The van der Waals surface area contributed by atoms with E-state index in [1.54, 1.807) is 0 Å². The third-order valence-corrected chi connectivity index (χ3v) is 3.42. The van der Waals surface area contributed by atoms with Crippen LogP contribution in [0.5, 0.6) is 0 Å². The summed E-state index contributed by atoms with van der Waals surface area (Å²) in [4.78, 5) is 18.3. The standard InChI is InChI=1S/C11H22N4O/c1-13(2)7-8-14-5-3-10-9-12-4-6-15(10)11(14)16/h10,12H,3-9H2,1-2H3. The Morgan fingerprint density at radius 2 is 2.25 bits per heavy atom. The highest BCUT2D eigenvalue weighted by Crippen LogP contribution is 2.17. The average Bonchev–Trinajstić information content (AvgIpc) is 2.28. The molecule has 0 spiro atoms. The Hall–Kier alpha value is -0.810. The molecule has 0 aromatic carbocycles.